The summed E-state index contributed by atoms with van der Waals surface area (Å²) in [6, 6.07) is 7.59. The van der Waals surface area contributed by atoms with Crippen molar-refractivity contribution in [2.45, 2.75) is 51.0 Å². The molecule has 0 saturated carbocycles. The van der Waals surface area contributed by atoms with E-state index in [0.717, 1.165) is 63.4 Å². The molecule has 0 aliphatic carbocycles. The molecule has 3 rings (SSSR count). The Kier molecular flexibility index (Phi) is 5.61. The fraction of sp³-hybridized carbons (Fsp3) is 0.632. The van der Waals surface area contributed by atoms with E-state index in [1.54, 1.807) is 0 Å². The molecule has 2 heterocycles. The Morgan fingerprint density at radius 1 is 1.21 bits per heavy atom. The Balaban J connectivity index is 1.43. The molecule has 2 aliphatic rings. The first-order chi connectivity index (χ1) is 11.7. The summed E-state index contributed by atoms with van der Waals surface area (Å²) in [7, 11) is 0. The van der Waals surface area contributed by atoms with Crippen LogP contribution in [0.4, 0.5) is 10.5 Å². The van der Waals surface area contributed by atoms with Crippen LogP contribution in [0.25, 0.3) is 0 Å². The Labute approximate surface area is 144 Å². The minimum Gasteiger partial charge on any atom is -0.494 e. The summed E-state index contributed by atoms with van der Waals surface area (Å²) in [6.45, 7) is 5.34. The van der Waals surface area contributed by atoms with Gasteiger partial charge in [-0.1, -0.05) is 19.8 Å². The molecule has 24 heavy (non-hydrogen) atoms. The molecule has 1 spiro atoms. The molecule has 2 saturated heterocycles. The first kappa shape index (κ1) is 17.1. The van der Waals surface area contributed by atoms with Crippen molar-refractivity contribution in [2.75, 3.05) is 31.6 Å². The molecule has 1 aromatic rings. The van der Waals surface area contributed by atoms with Crippen LogP contribution in [0, 0.1) is 0 Å². The van der Waals surface area contributed by atoms with E-state index in [-0.39, 0.29) is 11.6 Å². The maximum atomic E-state index is 12.4. The SMILES string of the molecule is CCCCCOc1ccc(NC(=O)N2CCC3(CCO3)CC2)cc1. The summed E-state index contributed by atoms with van der Waals surface area (Å²) in [5.41, 5.74) is 0.883. The van der Waals surface area contributed by atoms with Gasteiger partial charge in [0.25, 0.3) is 0 Å². The smallest absolute Gasteiger partial charge is 0.321 e. The second-order valence-electron chi connectivity index (χ2n) is 6.78. The van der Waals surface area contributed by atoms with Gasteiger partial charge in [-0.2, -0.15) is 0 Å². The average Bonchev–Trinajstić information content (AvgIpc) is 2.59. The van der Waals surface area contributed by atoms with Crippen molar-refractivity contribution in [3.8, 4) is 5.75 Å². The number of carbonyl (C=O) groups is 1. The molecule has 0 unspecified atom stereocenters. The average molecular weight is 332 g/mol. The number of ether oxygens (including phenoxy) is 2. The van der Waals surface area contributed by atoms with Crippen LogP contribution in [-0.2, 0) is 4.74 Å². The van der Waals surface area contributed by atoms with E-state index in [0.29, 0.717) is 0 Å². The third-order valence-electron chi connectivity index (χ3n) is 5.05. The molecular weight excluding hydrogens is 304 g/mol. The van der Waals surface area contributed by atoms with Crippen molar-refractivity contribution < 1.29 is 14.3 Å². The zero-order valence-corrected chi connectivity index (χ0v) is 14.6. The molecular formula is C19H28N2O3. The van der Waals surface area contributed by atoms with Gasteiger partial charge in [0, 0.05) is 18.8 Å². The maximum absolute atomic E-state index is 12.4. The van der Waals surface area contributed by atoms with Crippen molar-refractivity contribution >= 4 is 11.7 Å². The second-order valence-corrected chi connectivity index (χ2v) is 6.78. The number of hydrogen-bond acceptors (Lipinski definition) is 3. The van der Waals surface area contributed by atoms with Crippen molar-refractivity contribution in [2.24, 2.45) is 0 Å². The number of amides is 2. The summed E-state index contributed by atoms with van der Waals surface area (Å²) in [5, 5.41) is 2.97. The van der Waals surface area contributed by atoms with Crippen molar-refractivity contribution in [3.05, 3.63) is 24.3 Å². The number of urea groups is 1. The lowest BCUT2D eigenvalue weighted by Crippen LogP contribution is -2.54. The zero-order valence-electron chi connectivity index (χ0n) is 14.6. The lowest BCUT2D eigenvalue weighted by atomic mass is 9.84. The van der Waals surface area contributed by atoms with Crippen LogP contribution in [0.1, 0.15) is 45.4 Å². The topological polar surface area (TPSA) is 50.8 Å². The Bertz CT molecular complexity index is 530. The highest BCUT2D eigenvalue weighted by molar-refractivity contribution is 5.89. The number of unbranched alkanes of at least 4 members (excludes halogenated alkanes) is 2. The van der Waals surface area contributed by atoms with Gasteiger partial charge in [0.05, 0.1) is 18.8 Å². The number of piperidine rings is 1. The molecule has 2 fully saturated rings. The minimum absolute atomic E-state index is 0.0270. The number of rotatable bonds is 6. The van der Waals surface area contributed by atoms with E-state index in [4.69, 9.17) is 9.47 Å². The molecule has 2 amide bonds. The molecule has 1 N–H and O–H groups in total. The van der Waals surface area contributed by atoms with E-state index in [1.165, 1.54) is 12.8 Å². The summed E-state index contributed by atoms with van der Waals surface area (Å²) >= 11 is 0. The Hall–Kier alpha value is -1.75. The van der Waals surface area contributed by atoms with E-state index >= 15 is 0 Å². The van der Waals surface area contributed by atoms with Gasteiger partial charge in [-0.15, -0.1) is 0 Å². The monoisotopic (exact) mass is 332 g/mol. The zero-order chi connectivity index (χ0) is 16.8. The third-order valence-corrected chi connectivity index (χ3v) is 5.05. The number of carbonyl (C=O) groups excluding carboxylic acids is 1. The molecule has 0 aromatic heterocycles. The highest BCUT2D eigenvalue weighted by Crippen LogP contribution is 2.36. The summed E-state index contributed by atoms with van der Waals surface area (Å²) in [4.78, 5) is 14.2. The standard InChI is InChI=1S/C19H28N2O3/c1-2-3-4-14-23-17-7-5-16(6-8-17)20-18(22)21-12-9-19(10-13-21)11-15-24-19/h5-8H,2-4,9-15H2,1H3,(H,20,22). The lowest BCUT2D eigenvalue weighted by molar-refractivity contribution is -0.168. The molecule has 0 bridgehead atoms. The lowest BCUT2D eigenvalue weighted by Gasteiger charge is -2.47. The van der Waals surface area contributed by atoms with E-state index < -0.39 is 0 Å². The molecule has 5 heteroatoms. The second kappa shape index (κ2) is 7.88. The van der Waals surface area contributed by atoms with Gasteiger partial charge in [-0.3, -0.25) is 0 Å². The first-order valence-corrected chi connectivity index (χ1v) is 9.13. The van der Waals surface area contributed by atoms with Gasteiger partial charge in [-0.25, -0.2) is 4.79 Å². The summed E-state index contributed by atoms with van der Waals surface area (Å²) < 4.78 is 11.4. The first-order valence-electron chi connectivity index (χ1n) is 9.13. The molecule has 1 aromatic carbocycles. The van der Waals surface area contributed by atoms with Crippen LogP contribution in [0.2, 0.25) is 0 Å². The Morgan fingerprint density at radius 3 is 2.50 bits per heavy atom. The quantitative estimate of drug-likeness (QED) is 0.800. The van der Waals surface area contributed by atoms with Crippen molar-refractivity contribution in [3.63, 3.8) is 0 Å². The van der Waals surface area contributed by atoms with Crippen LogP contribution in [0.15, 0.2) is 24.3 Å². The van der Waals surface area contributed by atoms with E-state index in [9.17, 15) is 4.79 Å². The molecule has 0 atom stereocenters. The van der Waals surface area contributed by atoms with E-state index in [1.807, 2.05) is 29.2 Å². The molecule has 132 valence electrons. The van der Waals surface area contributed by atoms with Crippen molar-refractivity contribution in [1.82, 2.24) is 4.90 Å². The van der Waals surface area contributed by atoms with Crippen LogP contribution in [0.3, 0.4) is 0 Å². The number of benzene rings is 1. The summed E-state index contributed by atoms with van der Waals surface area (Å²) in [6.07, 6.45) is 6.50. The highest BCUT2D eigenvalue weighted by atomic mass is 16.5. The number of anilines is 1. The summed E-state index contributed by atoms with van der Waals surface area (Å²) in [5.74, 6) is 0.853. The van der Waals surface area contributed by atoms with Gasteiger partial charge in [0.15, 0.2) is 0 Å². The highest BCUT2D eigenvalue weighted by Gasteiger charge is 2.41. The van der Waals surface area contributed by atoms with Gasteiger partial charge in [0.2, 0.25) is 0 Å². The maximum Gasteiger partial charge on any atom is 0.321 e. The van der Waals surface area contributed by atoms with Crippen LogP contribution in [0.5, 0.6) is 5.75 Å². The fourth-order valence-corrected chi connectivity index (χ4v) is 3.28. The minimum atomic E-state index is -0.0270. The fourth-order valence-electron chi connectivity index (χ4n) is 3.28. The van der Waals surface area contributed by atoms with Gasteiger partial charge in [0.1, 0.15) is 5.75 Å². The molecule has 5 nitrogen and oxygen atoms in total. The number of hydrogen-bond donors (Lipinski definition) is 1. The molecule has 2 aliphatic heterocycles. The van der Waals surface area contributed by atoms with Gasteiger partial charge >= 0.3 is 6.03 Å². The normalized spacial score (nSPS) is 19.0. The number of likely N-dealkylation sites (tertiary alicyclic amines) is 1. The molecule has 0 radical (unpaired) electrons. The largest absolute Gasteiger partial charge is 0.494 e. The van der Waals surface area contributed by atoms with Crippen LogP contribution in [-0.4, -0.2) is 42.8 Å². The predicted molar refractivity (Wildman–Crippen MR) is 94.6 cm³/mol. The van der Waals surface area contributed by atoms with Gasteiger partial charge < -0.3 is 19.7 Å². The van der Waals surface area contributed by atoms with Crippen molar-refractivity contribution in [1.29, 1.82) is 0 Å². The number of nitrogens with zero attached hydrogens (tertiary/aromatic N) is 1. The Morgan fingerprint density at radius 2 is 1.92 bits per heavy atom. The van der Waals surface area contributed by atoms with Gasteiger partial charge in [-0.05, 0) is 49.9 Å². The number of nitrogens with one attached hydrogen (secondary N) is 1. The van der Waals surface area contributed by atoms with E-state index in [2.05, 4.69) is 12.2 Å². The van der Waals surface area contributed by atoms with Crippen LogP contribution >= 0.6 is 0 Å². The van der Waals surface area contributed by atoms with Crippen LogP contribution < -0.4 is 10.1 Å². The third kappa shape index (κ3) is 4.20. The predicted octanol–water partition coefficient (Wildman–Crippen LogP) is 4.04.